The monoisotopic (exact) mass is 297 g/mol. The molecular weight excluding hydrogens is 282 g/mol. The van der Waals surface area contributed by atoms with Crippen LogP contribution in [-0.4, -0.2) is 12.5 Å². The second kappa shape index (κ2) is 6.15. The number of carbonyl (C=O) groups excluding carboxylic acids is 1. The van der Waals surface area contributed by atoms with E-state index < -0.39 is 0 Å². The van der Waals surface area contributed by atoms with Gasteiger partial charge in [0, 0.05) is 12.2 Å². The van der Waals surface area contributed by atoms with Gasteiger partial charge in [-0.1, -0.05) is 60.1 Å². The van der Waals surface area contributed by atoms with E-state index in [1.54, 1.807) is 11.0 Å². The fourth-order valence-electron chi connectivity index (χ4n) is 2.63. The first-order chi connectivity index (χ1) is 10.3. The van der Waals surface area contributed by atoms with E-state index in [1.165, 1.54) is 5.56 Å². The summed E-state index contributed by atoms with van der Waals surface area (Å²) < 4.78 is 0. The lowest BCUT2D eigenvalue weighted by molar-refractivity contribution is -0.114. The zero-order valence-corrected chi connectivity index (χ0v) is 12.4. The average Bonchev–Trinajstić information content (AvgIpc) is 2.54. The summed E-state index contributed by atoms with van der Waals surface area (Å²) >= 11 is 6.24. The number of anilines is 1. The minimum atomic E-state index is -0.132. The lowest BCUT2D eigenvalue weighted by atomic mass is 10.0. The quantitative estimate of drug-likeness (QED) is 0.759. The summed E-state index contributed by atoms with van der Waals surface area (Å²) in [6.45, 7) is 0.717. The maximum atomic E-state index is 12.6. The number of hydrogen-bond acceptors (Lipinski definition) is 1. The molecule has 0 aliphatic carbocycles. The molecule has 0 bridgehead atoms. The number of carbonyl (C=O) groups is 1. The van der Waals surface area contributed by atoms with Crippen molar-refractivity contribution in [3.05, 3.63) is 70.8 Å². The Bertz CT molecular complexity index is 679. The maximum Gasteiger partial charge on any atom is 0.269 e. The van der Waals surface area contributed by atoms with Crippen LogP contribution < -0.4 is 4.90 Å². The predicted molar refractivity (Wildman–Crippen MR) is 87.4 cm³/mol. The Kier molecular flexibility index (Phi) is 4.07. The molecule has 0 radical (unpaired) electrons. The van der Waals surface area contributed by atoms with Gasteiger partial charge in [-0.25, -0.2) is 0 Å². The van der Waals surface area contributed by atoms with Crippen molar-refractivity contribution in [2.45, 2.75) is 12.8 Å². The molecule has 0 N–H and O–H groups in total. The van der Waals surface area contributed by atoms with Gasteiger partial charge in [0.05, 0.1) is 0 Å². The second-order valence-electron chi connectivity index (χ2n) is 5.09. The van der Waals surface area contributed by atoms with E-state index in [4.69, 9.17) is 11.6 Å². The fourth-order valence-corrected chi connectivity index (χ4v) is 2.86. The molecule has 2 aromatic rings. The van der Waals surface area contributed by atoms with Crippen molar-refractivity contribution in [2.24, 2.45) is 0 Å². The van der Waals surface area contributed by atoms with E-state index in [0.717, 1.165) is 24.1 Å². The van der Waals surface area contributed by atoms with E-state index in [2.05, 4.69) is 6.07 Å². The largest absolute Gasteiger partial charge is 0.307 e. The second-order valence-corrected chi connectivity index (χ2v) is 5.50. The Morgan fingerprint density at radius 3 is 2.57 bits per heavy atom. The van der Waals surface area contributed by atoms with Gasteiger partial charge in [0.2, 0.25) is 0 Å². The number of benzene rings is 2. The SMILES string of the molecule is O=C(C(Cl)=Cc1ccccc1)N1CCCc2ccccc21. The Hall–Kier alpha value is -2.06. The molecule has 1 heterocycles. The molecule has 3 heteroatoms. The van der Waals surface area contributed by atoms with Gasteiger partial charge in [-0.15, -0.1) is 0 Å². The summed E-state index contributed by atoms with van der Waals surface area (Å²) in [5, 5.41) is 0.248. The van der Waals surface area contributed by atoms with Crippen LogP contribution in [0.3, 0.4) is 0 Å². The molecule has 0 atom stereocenters. The average molecular weight is 298 g/mol. The summed E-state index contributed by atoms with van der Waals surface area (Å²) in [6, 6.07) is 17.7. The standard InChI is InChI=1S/C18H16ClNO/c19-16(13-14-7-2-1-3-8-14)18(21)20-12-6-10-15-9-4-5-11-17(15)20/h1-5,7-9,11,13H,6,10,12H2. The van der Waals surface area contributed by atoms with E-state index in [0.29, 0.717) is 6.54 Å². The van der Waals surface area contributed by atoms with Crippen LogP contribution in [0.25, 0.3) is 6.08 Å². The number of rotatable bonds is 2. The number of aryl methyl sites for hydroxylation is 1. The van der Waals surface area contributed by atoms with Gasteiger partial charge in [-0.2, -0.15) is 0 Å². The lowest BCUT2D eigenvalue weighted by Crippen LogP contribution is -2.35. The minimum Gasteiger partial charge on any atom is -0.307 e. The van der Waals surface area contributed by atoms with Gasteiger partial charge in [0.1, 0.15) is 5.03 Å². The van der Waals surface area contributed by atoms with Crippen molar-refractivity contribution < 1.29 is 4.79 Å². The van der Waals surface area contributed by atoms with E-state index in [1.807, 2.05) is 48.5 Å². The lowest BCUT2D eigenvalue weighted by Gasteiger charge is -2.29. The van der Waals surface area contributed by atoms with Crippen molar-refractivity contribution in [3.63, 3.8) is 0 Å². The summed E-state index contributed by atoms with van der Waals surface area (Å²) in [4.78, 5) is 14.4. The maximum absolute atomic E-state index is 12.6. The molecule has 1 aliphatic heterocycles. The Morgan fingerprint density at radius 2 is 1.76 bits per heavy atom. The smallest absolute Gasteiger partial charge is 0.269 e. The van der Waals surface area contributed by atoms with Crippen LogP contribution in [0.1, 0.15) is 17.5 Å². The Morgan fingerprint density at radius 1 is 1.05 bits per heavy atom. The molecule has 0 saturated carbocycles. The zero-order chi connectivity index (χ0) is 14.7. The molecule has 0 fully saturated rings. The Balaban J connectivity index is 1.88. The highest BCUT2D eigenvalue weighted by atomic mass is 35.5. The van der Waals surface area contributed by atoms with E-state index >= 15 is 0 Å². The first-order valence-corrected chi connectivity index (χ1v) is 7.45. The first kappa shape index (κ1) is 13.9. The molecule has 1 amide bonds. The molecule has 106 valence electrons. The molecule has 0 spiro atoms. The number of hydrogen-bond donors (Lipinski definition) is 0. The highest BCUT2D eigenvalue weighted by molar-refractivity contribution is 6.46. The molecule has 0 unspecified atom stereocenters. The van der Waals surface area contributed by atoms with Crippen LogP contribution in [-0.2, 0) is 11.2 Å². The topological polar surface area (TPSA) is 20.3 Å². The van der Waals surface area contributed by atoms with Crippen LogP contribution in [0.15, 0.2) is 59.6 Å². The summed E-state index contributed by atoms with van der Waals surface area (Å²) in [5.41, 5.74) is 3.12. The van der Waals surface area contributed by atoms with Crippen molar-refractivity contribution in [1.29, 1.82) is 0 Å². The van der Waals surface area contributed by atoms with Crippen molar-refractivity contribution in [1.82, 2.24) is 0 Å². The normalized spacial score (nSPS) is 14.7. The third-order valence-corrected chi connectivity index (χ3v) is 3.92. The molecule has 21 heavy (non-hydrogen) atoms. The number of fused-ring (bicyclic) bond motifs is 1. The van der Waals surface area contributed by atoms with Gasteiger partial charge in [-0.3, -0.25) is 4.79 Å². The van der Waals surface area contributed by atoms with Crippen molar-refractivity contribution in [3.8, 4) is 0 Å². The third kappa shape index (κ3) is 3.01. The first-order valence-electron chi connectivity index (χ1n) is 7.08. The van der Waals surface area contributed by atoms with Crippen molar-refractivity contribution >= 4 is 29.3 Å². The predicted octanol–water partition coefficient (Wildman–Crippen LogP) is 4.25. The highest BCUT2D eigenvalue weighted by Crippen LogP contribution is 2.28. The third-order valence-electron chi connectivity index (χ3n) is 3.65. The van der Waals surface area contributed by atoms with E-state index in [-0.39, 0.29) is 10.9 Å². The van der Waals surface area contributed by atoms with Crippen molar-refractivity contribution in [2.75, 3.05) is 11.4 Å². The van der Waals surface area contributed by atoms with Crippen LogP contribution in [0.5, 0.6) is 0 Å². The van der Waals surface area contributed by atoms with Gasteiger partial charge in [-0.05, 0) is 36.1 Å². The van der Waals surface area contributed by atoms with Gasteiger partial charge >= 0.3 is 0 Å². The summed E-state index contributed by atoms with van der Waals surface area (Å²) in [6.07, 6.45) is 3.71. The molecule has 1 aliphatic rings. The van der Waals surface area contributed by atoms with Gasteiger partial charge in [0.25, 0.3) is 5.91 Å². The molecule has 3 rings (SSSR count). The van der Waals surface area contributed by atoms with Crippen LogP contribution in [0.4, 0.5) is 5.69 Å². The fraction of sp³-hybridized carbons (Fsp3) is 0.167. The molecule has 0 aromatic heterocycles. The van der Waals surface area contributed by atoms with Crippen LogP contribution in [0, 0.1) is 0 Å². The van der Waals surface area contributed by atoms with Gasteiger partial charge in [0.15, 0.2) is 0 Å². The summed E-state index contributed by atoms with van der Waals surface area (Å²) in [5.74, 6) is -0.132. The zero-order valence-electron chi connectivity index (χ0n) is 11.6. The Labute approximate surface area is 129 Å². The highest BCUT2D eigenvalue weighted by Gasteiger charge is 2.23. The van der Waals surface area contributed by atoms with Crippen LogP contribution in [0.2, 0.25) is 0 Å². The number of amides is 1. The molecule has 2 aromatic carbocycles. The number of halogens is 1. The van der Waals surface area contributed by atoms with E-state index in [9.17, 15) is 4.79 Å². The van der Waals surface area contributed by atoms with Gasteiger partial charge < -0.3 is 4.90 Å². The molecule has 0 saturated heterocycles. The summed E-state index contributed by atoms with van der Waals surface area (Å²) in [7, 11) is 0. The minimum absolute atomic E-state index is 0.132. The molecular formula is C18H16ClNO. The number of para-hydroxylation sites is 1. The molecule has 2 nitrogen and oxygen atoms in total. The number of nitrogens with zero attached hydrogens (tertiary/aromatic N) is 1. The van der Waals surface area contributed by atoms with Crippen LogP contribution >= 0.6 is 11.6 Å².